The third kappa shape index (κ3) is 11.9. The first-order valence-electron chi connectivity index (χ1n) is 10.7. The number of hydrogen-bond acceptors (Lipinski definition) is 9. The van der Waals surface area contributed by atoms with Gasteiger partial charge in [-0.05, 0) is 52.5 Å². The van der Waals surface area contributed by atoms with E-state index in [-0.39, 0.29) is 11.5 Å². The van der Waals surface area contributed by atoms with Crippen LogP contribution >= 0.6 is 0 Å². The van der Waals surface area contributed by atoms with Gasteiger partial charge in [0.15, 0.2) is 0 Å². The summed E-state index contributed by atoms with van der Waals surface area (Å²) in [5.41, 5.74) is 1.24. The van der Waals surface area contributed by atoms with Crippen LogP contribution < -0.4 is 9.47 Å². The summed E-state index contributed by atoms with van der Waals surface area (Å²) in [7, 11) is 7.91. The quantitative estimate of drug-likeness (QED) is 0.315. The van der Waals surface area contributed by atoms with Crippen molar-refractivity contribution < 1.29 is 40.7 Å². The molecule has 2 aromatic rings. The molecule has 0 bridgehead atoms. The van der Waals surface area contributed by atoms with Crippen LogP contribution in [-0.4, -0.2) is 100 Å². The van der Waals surface area contributed by atoms with Gasteiger partial charge in [-0.2, -0.15) is 0 Å². The molecule has 0 atom stereocenters. The number of rotatable bonds is 13. The van der Waals surface area contributed by atoms with Crippen LogP contribution in [0.4, 0.5) is 0 Å². The van der Waals surface area contributed by atoms with E-state index < -0.39 is 0 Å². The minimum absolute atomic E-state index is 0.123. The maximum absolute atomic E-state index is 10.1. The van der Waals surface area contributed by atoms with E-state index in [1.54, 1.807) is 36.7 Å². The number of aromatic hydroxyl groups is 2. The molecule has 2 N–H and O–H groups in total. The first-order chi connectivity index (χ1) is 16.3. The van der Waals surface area contributed by atoms with Crippen molar-refractivity contribution in [3.8, 4) is 23.0 Å². The molecule has 0 saturated heterocycles. The molecule has 9 nitrogen and oxygen atoms in total. The van der Waals surface area contributed by atoms with Crippen molar-refractivity contribution >= 4 is 12.4 Å². The molecule has 0 aliphatic rings. The molecule has 0 aromatic heterocycles. The summed E-state index contributed by atoms with van der Waals surface area (Å²) in [6, 6.07) is 10.3. The predicted molar refractivity (Wildman–Crippen MR) is 130 cm³/mol. The number of hydrogen-bond donors (Lipinski definition) is 2. The Morgan fingerprint density at radius 1 is 0.765 bits per heavy atom. The summed E-state index contributed by atoms with van der Waals surface area (Å²) < 4.78 is 19.4. The standard InChI is InChI=1S/C24H34N4O4.O.V/c1-27(2)11-13-31-21-7-5-19(23(29)15-21)17-25-9-10-26-18-20-6-8-22(16-24(20)30)32-14-12-28(3)4;;/h5-8,15-18,29-30H,9-14H2,1-4H3;;/q;;+2. The molecule has 0 radical (unpaired) electrons. The molecule has 0 fully saturated rings. The third-order valence-corrected chi connectivity index (χ3v) is 4.44. The van der Waals surface area contributed by atoms with Gasteiger partial charge in [0.05, 0.1) is 13.1 Å². The zero-order chi connectivity index (χ0) is 25.3. The second kappa shape index (κ2) is 16.8. The van der Waals surface area contributed by atoms with Crippen LogP contribution in [0.25, 0.3) is 0 Å². The van der Waals surface area contributed by atoms with Gasteiger partial charge >= 0.3 is 21.0 Å². The Balaban J connectivity index is 0.00000281. The minimum atomic E-state index is 0.123. The van der Waals surface area contributed by atoms with Crippen LogP contribution in [0.15, 0.2) is 46.4 Å². The second-order valence-electron chi connectivity index (χ2n) is 7.82. The van der Waals surface area contributed by atoms with Crippen molar-refractivity contribution in [1.82, 2.24) is 9.80 Å². The van der Waals surface area contributed by atoms with Gasteiger partial charge in [0.2, 0.25) is 0 Å². The van der Waals surface area contributed by atoms with Crippen LogP contribution in [0.2, 0.25) is 0 Å². The molecule has 0 amide bonds. The molecule has 0 spiro atoms. The van der Waals surface area contributed by atoms with Gasteiger partial charge in [0.25, 0.3) is 0 Å². The van der Waals surface area contributed by atoms with Gasteiger partial charge in [-0.15, -0.1) is 0 Å². The molecule has 0 aliphatic heterocycles. The van der Waals surface area contributed by atoms with E-state index in [4.69, 9.17) is 13.1 Å². The average Bonchev–Trinajstić information content (AvgIpc) is 2.79. The molecule has 2 rings (SSSR count). The Kier molecular flexibility index (Phi) is 14.5. The summed E-state index contributed by atoms with van der Waals surface area (Å²) in [4.78, 5) is 12.7. The fraction of sp³-hybridized carbons (Fsp3) is 0.417. The fourth-order valence-corrected chi connectivity index (χ4v) is 2.58. The van der Waals surface area contributed by atoms with Crippen molar-refractivity contribution in [2.45, 2.75) is 0 Å². The number of aliphatic imine (C=N–C) groups is 2. The summed E-state index contributed by atoms with van der Waals surface area (Å²) >= 11 is 1.06. The van der Waals surface area contributed by atoms with Crippen LogP contribution in [0, 0.1) is 0 Å². The Hall–Kier alpha value is -2.72. The average molecular weight is 510 g/mol. The molecule has 0 aliphatic carbocycles. The molecule has 2 aromatic carbocycles. The van der Waals surface area contributed by atoms with E-state index in [0.29, 0.717) is 48.9 Å². The van der Waals surface area contributed by atoms with Crippen molar-refractivity contribution in [2.75, 3.05) is 67.6 Å². The SMILES string of the molecule is CN(C)CCOc1ccc(C=NCCN=Cc2ccc(OCCN(C)C)cc2O)c(O)c1.[O]=[V+2]. The van der Waals surface area contributed by atoms with E-state index in [0.717, 1.165) is 30.5 Å². The number of nitrogens with zero attached hydrogens (tertiary/aromatic N) is 4. The number of likely N-dealkylation sites (N-methyl/N-ethyl adjacent to an activating group) is 2. The van der Waals surface area contributed by atoms with Crippen molar-refractivity contribution in [2.24, 2.45) is 9.98 Å². The number of phenolic OH excluding ortho intramolecular Hbond substituents is 2. The summed E-state index contributed by atoms with van der Waals surface area (Å²) in [6.45, 7) is 3.64. The molecule has 0 unspecified atom stereocenters. The number of phenols is 2. The van der Waals surface area contributed by atoms with Crippen LogP contribution in [0.5, 0.6) is 23.0 Å². The van der Waals surface area contributed by atoms with Crippen molar-refractivity contribution in [3.05, 3.63) is 47.5 Å². The first kappa shape index (κ1) is 29.3. The number of ether oxygens (including phenoxy) is 2. The summed E-state index contributed by atoms with van der Waals surface area (Å²) in [5.74, 6) is 1.50. The molecule has 0 saturated carbocycles. The summed E-state index contributed by atoms with van der Waals surface area (Å²) in [6.07, 6.45) is 3.23. The monoisotopic (exact) mass is 509 g/mol. The normalized spacial score (nSPS) is 11.3. The molecule has 34 heavy (non-hydrogen) atoms. The molecular weight excluding hydrogens is 475 g/mol. The van der Waals surface area contributed by atoms with Crippen LogP contribution in [0.1, 0.15) is 11.1 Å². The van der Waals surface area contributed by atoms with Gasteiger partial charge in [-0.1, -0.05) is 0 Å². The summed E-state index contributed by atoms with van der Waals surface area (Å²) in [5, 5.41) is 20.3. The third-order valence-electron chi connectivity index (χ3n) is 4.44. The van der Waals surface area contributed by atoms with Gasteiger partial charge in [0.1, 0.15) is 36.2 Å². The van der Waals surface area contributed by atoms with E-state index in [1.807, 2.05) is 50.1 Å². The zero-order valence-electron chi connectivity index (χ0n) is 20.2. The van der Waals surface area contributed by atoms with Gasteiger partial charge in [-0.25, -0.2) is 0 Å². The maximum atomic E-state index is 10.1. The molecule has 0 heterocycles. The van der Waals surface area contributed by atoms with Crippen molar-refractivity contribution in [1.29, 1.82) is 0 Å². The van der Waals surface area contributed by atoms with Gasteiger partial charge < -0.3 is 29.5 Å². The van der Waals surface area contributed by atoms with E-state index in [9.17, 15) is 10.2 Å². The fourth-order valence-electron chi connectivity index (χ4n) is 2.58. The van der Waals surface area contributed by atoms with E-state index in [2.05, 4.69) is 9.98 Å². The van der Waals surface area contributed by atoms with Crippen molar-refractivity contribution in [3.63, 3.8) is 0 Å². The van der Waals surface area contributed by atoms with E-state index >= 15 is 0 Å². The predicted octanol–water partition coefficient (Wildman–Crippen LogP) is 2.40. The molecule has 10 heteroatoms. The van der Waals surface area contributed by atoms with Gasteiger partial charge in [0, 0.05) is 48.8 Å². The topological polar surface area (TPSA) is 107 Å². The van der Waals surface area contributed by atoms with E-state index in [1.165, 1.54) is 0 Å². The Labute approximate surface area is 210 Å². The molecular formula is C24H34N4O5V+2. The number of benzene rings is 2. The van der Waals surface area contributed by atoms with Crippen LogP contribution in [0.3, 0.4) is 0 Å². The Morgan fingerprint density at radius 2 is 1.15 bits per heavy atom. The first-order valence-corrected chi connectivity index (χ1v) is 11.3. The Bertz CT molecular complexity index is 849. The second-order valence-corrected chi connectivity index (χ2v) is 7.82. The van der Waals surface area contributed by atoms with Crippen LogP contribution in [-0.2, 0) is 21.0 Å². The van der Waals surface area contributed by atoms with Gasteiger partial charge in [-0.3, -0.25) is 9.98 Å². The molecule has 183 valence electrons. The Morgan fingerprint density at radius 3 is 1.47 bits per heavy atom. The zero-order valence-corrected chi connectivity index (χ0v) is 21.6.